The van der Waals surface area contributed by atoms with E-state index in [1.54, 1.807) is 27.7 Å². The minimum atomic E-state index is -3.25. The Labute approximate surface area is 111 Å². The first-order valence-electron chi connectivity index (χ1n) is 5.29. The van der Waals surface area contributed by atoms with E-state index in [4.69, 9.17) is 4.74 Å². The average Bonchev–Trinajstić information content (AvgIpc) is 2.43. The van der Waals surface area contributed by atoms with Gasteiger partial charge in [0.15, 0.2) is 9.84 Å². The van der Waals surface area contributed by atoms with Crippen LogP contribution >= 0.6 is 11.3 Å². The molecule has 102 valence electrons. The molecule has 18 heavy (non-hydrogen) atoms. The number of thiophene rings is 1. The van der Waals surface area contributed by atoms with Crippen LogP contribution in [-0.4, -0.2) is 26.4 Å². The number of amides is 1. The smallest absolute Gasteiger partial charge is 0.412 e. The van der Waals surface area contributed by atoms with E-state index in [1.807, 2.05) is 0 Å². The fraction of sp³-hybridized carbons (Fsp3) is 0.545. The molecule has 0 atom stereocenters. The molecule has 0 fully saturated rings. The Morgan fingerprint density at radius 1 is 1.39 bits per heavy atom. The quantitative estimate of drug-likeness (QED) is 0.909. The van der Waals surface area contributed by atoms with E-state index in [2.05, 4.69) is 5.32 Å². The van der Waals surface area contributed by atoms with Crippen molar-refractivity contribution in [3.8, 4) is 0 Å². The van der Waals surface area contributed by atoms with Crippen molar-refractivity contribution in [3.05, 3.63) is 11.6 Å². The highest BCUT2D eigenvalue weighted by Gasteiger charge is 2.19. The Hall–Kier alpha value is -1.08. The largest absolute Gasteiger partial charge is 0.444 e. The summed E-state index contributed by atoms with van der Waals surface area (Å²) >= 11 is 1.02. The molecule has 1 amide bonds. The van der Waals surface area contributed by atoms with Gasteiger partial charge in [-0.25, -0.2) is 13.2 Å². The lowest BCUT2D eigenvalue weighted by Crippen LogP contribution is -2.27. The number of rotatable bonds is 2. The monoisotopic (exact) mass is 291 g/mol. The highest BCUT2D eigenvalue weighted by atomic mass is 32.2. The molecule has 0 unspecified atom stereocenters. The topological polar surface area (TPSA) is 72.5 Å². The molecule has 1 rings (SSSR count). The predicted octanol–water partition coefficient (Wildman–Crippen LogP) is 2.81. The lowest BCUT2D eigenvalue weighted by molar-refractivity contribution is 0.0636. The molecule has 0 aromatic carbocycles. The van der Waals surface area contributed by atoms with Crippen LogP contribution in [0.2, 0.25) is 0 Å². The Kier molecular flexibility index (Phi) is 4.07. The molecule has 1 N–H and O–H groups in total. The molecular weight excluding hydrogens is 274 g/mol. The highest BCUT2D eigenvalue weighted by Crippen LogP contribution is 2.30. The van der Waals surface area contributed by atoms with Crippen molar-refractivity contribution < 1.29 is 17.9 Å². The number of nitrogens with one attached hydrogen (secondary N) is 1. The second-order valence-corrected chi connectivity index (χ2v) is 8.27. The van der Waals surface area contributed by atoms with E-state index in [-0.39, 0.29) is 4.21 Å². The molecule has 7 heteroatoms. The zero-order chi connectivity index (χ0) is 14.1. The summed E-state index contributed by atoms with van der Waals surface area (Å²) < 4.78 is 28.1. The van der Waals surface area contributed by atoms with E-state index in [9.17, 15) is 13.2 Å². The molecule has 1 aromatic heterocycles. The number of aryl methyl sites for hydroxylation is 1. The van der Waals surface area contributed by atoms with Gasteiger partial charge in [0.05, 0.1) is 0 Å². The molecule has 0 bridgehead atoms. The molecule has 0 aliphatic heterocycles. The Morgan fingerprint density at radius 2 is 1.94 bits per heavy atom. The van der Waals surface area contributed by atoms with Gasteiger partial charge in [-0.2, -0.15) is 0 Å². The second-order valence-electron chi connectivity index (χ2n) is 4.98. The summed E-state index contributed by atoms with van der Waals surface area (Å²) in [5, 5.41) is 3.04. The first-order valence-corrected chi connectivity index (χ1v) is 8.00. The Bertz CT molecular complexity index is 552. The number of anilines is 1. The van der Waals surface area contributed by atoms with Crippen LogP contribution in [0.15, 0.2) is 10.3 Å². The maximum Gasteiger partial charge on any atom is 0.412 e. The fourth-order valence-electron chi connectivity index (χ4n) is 1.16. The van der Waals surface area contributed by atoms with Crippen LogP contribution in [0.4, 0.5) is 9.80 Å². The number of carbonyl (C=O) groups is 1. The first-order chi connectivity index (χ1) is 7.99. The third kappa shape index (κ3) is 4.30. The van der Waals surface area contributed by atoms with Crippen LogP contribution in [0.25, 0.3) is 0 Å². The van der Waals surface area contributed by atoms with Crippen LogP contribution in [0.3, 0.4) is 0 Å². The number of sulfone groups is 1. The maximum absolute atomic E-state index is 11.6. The molecule has 0 radical (unpaired) electrons. The van der Waals surface area contributed by atoms with Gasteiger partial charge in [-0.1, -0.05) is 0 Å². The number of carbonyl (C=O) groups excluding carboxylic acids is 1. The third-order valence-corrected chi connectivity index (χ3v) is 4.83. The normalized spacial score (nSPS) is 12.3. The van der Waals surface area contributed by atoms with Gasteiger partial charge in [-0.3, -0.25) is 5.32 Å². The van der Waals surface area contributed by atoms with Crippen molar-refractivity contribution in [1.29, 1.82) is 0 Å². The molecule has 0 saturated carbocycles. The van der Waals surface area contributed by atoms with E-state index < -0.39 is 21.5 Å². The predicted molar refractivity (Wildman–Crippen MR) is 72.0 cm³/mol. The lowest BCUT2D eigenvalue weighted by atomic mass is 10.2. The van der Waals surface area contributed by atoms with Gasteiger partial charge < -0.3 is 4.74 Å². The van der Waals surface area contributed by atoms with Gasteiger partial charge in [0.2, 0.25) is 0 Å². The Morgan fingerprint density at radius 3 is 2.33 bits per heavy atom. The number of ether oxygens (including phenoxy) is 1. The van der Waals surface area contributed by atoms with E-state index >= 15 is 0 Å². The van der Waals surface area contributed by atoms with Crippen molar-refractivity contribution in [1.82, 2.24) is 0 Å². The lowest BCUT2D eigenvalue weighted by Gasteiger charge is -2.19. The van der Waals surface area contributed by atoms with Crippen LogP contribution < -0.4 is 5.32 Å². The summed E-state index contributed by atoms with van der Waals surface area (Å²) in [6.07, 6.45) is 0.544. The summed E-state index contributed by atoms with van der Waals surface area (Å²) in [4.78, 5) is 11.6. The zero-order valence-electron chi connectivity index (χ0n) is 11.0. The molecule has 0 aliphatic carbocycles. The molecule has 0 aliphatic rings. The second kappa shape index (κ2) is 4.89. The molecule has 1 aromatic rings. The molecule has 0 saturated heterocycles. The number of hydrogen-bond donors (Lipinski definition) is 1. The van der Waals surface area contributed by atoms with E-state index in [1.165, 1.54) is 6.07 Å². The van der Waals surface area contributed by atoms with Crippen molar-refractivity contribution in [2.45, 2.75) is 37.5 Å². The SMILES string of the molecule is Cc1cc(S(C)(=O)=O)sc1NC(=O)OC(C)(C)C. The van der Waals surface area contributed by atoms with Crippen molar-refractivity contribution in [2.24, 2.45) is 0 Å². The first kappa shape index (κ1) is 15.0. The van der Waals surface area contributed by atoms with Crippen LogP contribution in [0, 0.1) is 6.92 Å². The van der Waals surface area contributed by atoms with Crippen molar-refractivity contribution in [2.75, 3.05) is 11.6 Å². The summed E-state index contributed by atoms with van der Waals surface area (Å²) in [5.74, 6) is 0. The van der Waals surface area contributed by atoms with Gasteiger partial charge in [0.1, 0.15) is 14.8 Å². The van der Waals surface area contributed by atoms with Gasteiger partial charge in [0.25, 0.3) is 0 Å². The van der Waals surface area contributed by atoms with Gasteiger partial charge in [0, 0.05) is 6.26 Å². The summed E-state index contributed by atoms with van der Waals surface area (Å²) in [5.41, 5.74) is 0.112. The van der Waals surface area contributed by atoms with Crippen molar-refractivity contribution >= 4 is 32.3 Å². The molecular formula is C11H17NO4S2. The minimum Gasteiger partial charge on any atom is -0.444 e. The zero-order valence-corrected chi connectivity index (χ0v) is 12.7. The van der Waals surface area contributed by atoms with Gasteiger partial charge >= 0.3 is 6.09 Å². The summed E-state index contributed by atoms with van der Waals surface area (Å²) in [6, 6.07) is 1.53. The van der Waals surface area contributed by atoms with Crippen molar-refractivity contribution in [3.63, 3.8) is 0 Å². The average molecular weight is 291 g/mol. The van der Waals surface area contributed by atoms with E-state index in [0.29, 0.717) is 10.6 Å². The summed E-state index contributed by atoms with van der Waals surface area (Å²) in [7, 11) is -3.25. The standard InChI is InChI=1S/C11H17NO4S2/c1-7-6-8(18(5,14)15)17-9(7)12-10(13)16-11(2,3)4/h6H,1-5H3,(H,12,13). The van der Waals surface area contributed by atoms with Crippen LogP contribution in [0.5, 0.6) is 0 Å². The highest BCUT2D eigenvalue weighted by molar-refractivity contribution is 7.92. The summed E-state index contributed by atoms with van der Waals surface area (Å²) in [6.45, 7) is 7.01. The molecule has 1 heterocycles. The fourth-order valence-corrected chi connectivity index (χ4v) is 3.19. The third-order valence-electron chi connectivity index (χ3n) is 1.88. The van der Waals surface area contributed by atoms with Gasteiger partial charge in [-0.05, 0) is 39.3 Å². The van der Waals surface area contributed by atoms with Crippen LogP contribution in [-0.2, 0) is 14.6 Å². The van der Waals surface area contributed by atoms with Crippen LogP contribution in [0.1, 0.15) is 26.3 Å². The molecule has 0 spiro atoms. The maximum atomic E-state index is 11.6. The number of hydrogen-bond acceptors (Lipinski definition) is 5. The minimum absolute atomic E-state index is 0.228. The Balaban J connectivity index is 2.87. The molecule has 5 nitrogen and oxygen atoms in total. The van der Waals surface area contributed by atoms with Gasteiger partial charge in [-0.15, -0.1) is 11.3 Å². The van der Waals surface area contributed by atoms with E-state index in [0.717, 1.165) is 17.6 Å².